The monoisotopic (exact) mass is 295 g/mol. The maximum atomic E-state index is 11.7. The van der Waals surface area contributed by atoms with Gasteiger partial charge in [-0.3, -0.25) is 9.78 Å². The molecule has 0 spiro atoms. The molecule has 110 valence electrons. The van der Waals surface area contributed by atoms with Gasteiger partial charge in [0.1, 0.15) is 11.5 Å². The summed E-state index contributed by atoms with van der Waals surface area (Å²) >= 11 is 5.11. The van der Waals surface area contributed by atoms with Crippen LogP contribution in [0.2, 0.25) is 0 Å². The van der Waals surface area contributed by atoms with Crippen molar-refractivity contribution >= 4 is 28.9 Å². The molecular formula is C14H21N3O2S. The summed E-state index contributed by atoms with van der Waals surface area (Å²) in [4.78, 5) is 18.3. The van der Waals surface area contributed by atoms with Gasteiger partial charge in [0.25, 0.3) is 0 Å². The number of likely N-dealkylation sites (N-methyl/N-ethyl adjacent to an activating group) is 1. The second kappa shape index (κ2) is 7.19. The highest BCUT2D eigenvalue weighted by Gasteiger charge is 2.18. The average Bonchev–Trinajstić information content (AvgIpc) is 2.34. The van der Waals surface area contributed by atoms with Crippen molar-refractivity contribution in [3.05, 3.63) is 23.0 Å². The Hall–Kier alpha value is -1.69. The molecule has 1 heterocycles. The molecule has 1 aromatic rings. The quantitative estimate of drug-likeness (QED) is 0.636. The molecule has 0 aromatic carbocycles. The molecule has 0 fully saturated rings. The van der Waals surface area contributed by atoms with E-state index < -0.39 is 0 Å². The molecule has 2 N–H and O–H groups in total. The van der Waals surface area contributed by atoms with Crippen LogP contribution < -0.4 is 10.6 Å². The first kappa shape index (κ1) is 16.4. The number of ether oxygens (including phenoxy) is 1. The number of pyridine rings is 1. The maximum Gasteiger partial charge on any atom is 0.325 e. The molecule has 0 saturated heterocycles. The normalized spacial score (nSPS) is 10.2. The van der Waals surface area contributed by atoms with E-state index in [0.29, 0.717) is 13.2 Å². The molecule has 0 amide bonds. The average molecular weight is 295 g/mol. The van der Waals surface area contributed by atoms with Crippen LogP contribution in [-0.2, 0) is 9.53 Å². The van der Waals surface area contributed by atoms with Crippen LogP contribution in [0.15, 0.2) is 6.07 Å². The molecule has 1 rings (SSSR count). The lowest BCUT2D eigenvalue weighted by Crippen LogP contribution is -2.33. The Morgan fingerprint density at radius 2 is 2.10 bits per heavy atom. The molecule has 0 aliphatic heterocycles. The standard InChI is InChI=1S/C14H21N3O2S/c1-5-17(8-12(18)19-6-2)11-7-9(3)16-10(4)13(11)14(15)20/h7H,5-6,8H2,1-4H3,(H2,15,20). The highest BCUT2D eigenvalue weighted by Crippen LogP contribution is 2.24. The van der Waals surface area contributed by atoms with Gasteiger partial charge in [0.15, 0.2) is 0 Å². The van der Waals surface area contributed by atoms with Crippen molar-refractivity contribution in [2.45, 2.75) is 27.7 Å². The number of nitrogens with zero attached hydrogens (tertiary/aromatic N) is 2. The van der Waals surface area contributed by atoms with Gasteiger partial charge in [-0.25, -0.2) is 0 Å². The number of aryl methyl sites for hydroxylation is 2. The number of thiocarbonyl (C=S) groups is 1. The first-order valence-corrected chi connectivity index (χ1v) is 7.00. The Morgan fingerprint density at radius 1 is 1.45 bits per heavy atom. The summed E-state index contributed by atoms with van der Waals surface area (Å²) in [7, 11) is 0. The van der Waals surface area contributed by atoms with Crippen molar-refractivity contribution in [1.29, 1.82) is 0 Å². The zero-order valence-electron chi connectivity index (χ0n) is 12.4. The summed E-state index contributed by atoms with van der Waals surface area (Å²) in [6.45, 7) is 8.71. The van der Waals surface area contributed by atoms with Gasteiger partial charge in [-0.1, -0.05) is 12.2 Å². The molecule has 0 bridgehead atoms. The topological polar surface area (TPSA) is 68.5 Å². The Balaban J connectivity index is 3.20. The van der Waals surface area contributed by atoms with E-state index in [0.717, 1.165) is 22.6 Å². The summed E-state index contributed by atoms with van der Waals surface area (Å²) < 4.78 is 5.00. The molecule has 20 heavy (non-hydrogen) atoms. The largest absolute Gasteiger partial charge is 0.465 e. The van der Waals surface area contributed by atoms with Crippen LogP contribution in [0, 0.1) is 13.8 Å². The van der Waals surface area contributed by atoms with E-state index in [9.17, 15) is 4.79 Å². The molecule has 0 aliphatic rings. The summed E-state index contributed by atoms with van der Waals surface area (Å²) in [6.07, 6.45) is 0. The van der Waals surface area contributed by atoms with Gasteiger partial charge in [-0.05, 0) is 33.8 Å². The lowest BCUT2D eigenvalue weighted by molar-refractivity contribution is -0.141. The van der Waals surface area contributed by atoms with Gasteiger partial charge in [0, 0.05) is 17.9 Å². The second-order valence-electron chi connectivity index (χ2n) is 4.43. The molecule has 0 saturated carbocycles. The number of esters is 1. The predicted molar refractivity (Wildman–Crippen MR) is 84.1 cm³/mol. The van der Waals surface area contributed by atoms with Crippen LogP contribution in [0.1, 0.15) is 30.8 Å². The third kappa shape index (κ3) is 3.90. The van der Waals surface area contributed by atoms with E-state index in [-0.39, 0.29) is 17.5 Å². The summed E-state index contributed by atoms with van der Waals surface area (Å²) in [6, 6.07) is 1.89. The van der Waals surface area contributed by atoms with Crippen LogP contribution in [0.5, 0.6) is 0 Å². The fraction of sp³-hybridized carbons (Fsp3) is 0.500. The van der Waals surface area contributed by atoms with Gasteiger partial charge >= 0.3 is 5.97 Å². The van der Waals surface area contributed by atoms with Crippen LogP contribution in [0.3, 0.4) is 0 Å². The smallest absolute Gasteiger partial charge is 0.325 e. The van der Waals surface area contributed by atoms with Gasteiger partial charge in [-0.2, -0.15) is 0 Å². The van der Waals surface area contributed by atoms with Crippen LogP contribution >= 0.6 is 12.2 Å². The fourth-order valence-corrected chi connectivity index (χ4v) is 2.34. The van der Waals surface area contributed by atoms with E-state index in [1.165, 1.54) is 0 Å². The van der Waals surface area contributed by atoms with E-state index in [1.807, 2.05) is 31.7 Å². The van der Waals surface area contributed by atoms with Gasteiger partial charge in [0.2, 0.25) is 0 Å². The molecule has 0 aliphatic carbocycles. The Labute approximate surface area is 125 Å². The lowest BCUT2D eigenvalue weighted by Gasteiger charge is -2.25. The van der Waals surface area contributed by atoms with E-state index >= 15 is 0 Å². The third-order valence-electron chi connectivity index (χ3n) is 2.90. The number of rotatable bonds is 6. The molecule has 0 atom stereocenters. The highest BCUT2D eigenvalue weighted by molar-refractivity contribution is 7.80. The lowest BCUT2D eigenvalue weighted by atomic mass is 10.1. The summed E-state index contributed by atoms with van der Waals surface area (Å²) in [5, 5.41) is 0. The SMILES string of the molecule is CCOC(=O)CN(CC)c1cc(C)nc(C)c1C(N)=S. The number of hydrogen-bond donors (Lipinski definition) is 1. The zero-order chi connectivity index (χ0) is 15.3. The highest BCUT2D eigenvalue weighted by atomic mass is 32.1. The second-order valence-corrected chi connectivity index (χ2v) is 4.87. The number of hydrogen-bond acceptors (Lipinski definition) is 5. The first-order chi connectivity index (χ1) is 9.40. The summed E-state index contributed by atoms with van der Waals surface area (Å²) in [5.74, 6) is -0.268. The van der Waals surface area contributed by atoms with Crippen molar-refractivity contribution in [3.8, 4) is 0 Å². The predicted octanol–water partition coefficient (Wildman–Crippen LogP) is 1.72. The number of anilines is 1. The molecule has 1 aromatic heterocycles. The van der Waals surface area contributed by atoms with Gasteiger partial charge in [-0.15, -0.1) is 0 Å². The number of aromatic nitrogens is 1. The Morgan fingerprint density at radius 3 is 2.60 bits per heavy atom. The van der Waals surface area contributed by atoms with Crippen molar-refractivity contribution in [1.82, 2.24) is 4.98 Å². The van der Waals surface area contributed by atoms with Crippen molar-refractivity contribution in [2.75, 3.05) is 24.6 Å². The maximum absolute atomic E-state index is 11.7. The van der Waals surface area contributed by atoms with Crippen LogP contribution in [0.25, 0.3) is 0 Å². The molecule has 0 radical (unpaired) electrons. The van der Waals surface area contributed by atoms with Gasteiger partial charge in [0.05, 0.1) is 17.9 Å². The molecule has 0 unspecified atom stereocenters. The summed E-state index contributed by atoms with van der Waals surface area (Å²) in [5.41, 5.74) is 8.98. The van der Waals surface area contributed by atoms with Crippen molar-refractivity contribution in [2.24, 2.45) is 5.73 Å². The Kier molecular flexibility index (Phi) is 5.88. The minimum atomic E-state index is -0.268. The van der Waals surface area contributed by atoms with Crippen LogP contribution in [-0.4, -0.2) is 35.6 Å². The third-order valence-corrected chi connectivity index (χ3v) is 3.11. The van der Waals surface area contributed by atoms with Crippen molar-refractivity contribution < 1.29 is 9.53 Å². The van der Waals surface area contributed by atoms with E-state index in [4.69, 9.17) is 22.7 Å². The number of carbonyl (C=O) groups is 1. The van der Waals surface area contributed by atoms with Crippen LogP contribution in [0.4, 0.5) is 5.69 Å². The Bertz CT molecular complexity index is 517. The van der Waals surface area contributed by atoms with Gasteiger partial charge < -0.3 is 15.4 Å². The number of nitrogens with two attached hydrogens (primary N) is 1. The molecule has 5 nitrogen and oxygen atoms in total. The van der Waals surface area contributed by atoms with E-state index in [1.54, 1.807) is 6.92 Å². The minimum Gasteiger partial charge on any atom is -0.465 e. The molecular weight excluding hydrogens is 274 g/mol. The first-order valence-electron chi connectivity index (χ1n) is 6.59. The fourth-order valence-electron chi connectivity index (χ4n) is 2.09. The van der Waals surface area contributed by atoms with Crippen molar-refractivity contribution in [3.63, 3.8) is 0 Å². The molecule has 6 heteroatoms. The number of carbonyl (C=O) groups excluding carboxylic acids is 1. The van der Waals surface area contributed by atoms with E-state index in [2.05, 4.69) is 4.98 Å². The minimum absolute atomic E-state index is 0.169. The zero-order valence-corrected chi connectivity index (χ0v) is 13.2.